The molecule has 0 aliphatic rings. The van der Waals surface area contributed by atoms with Crippen LogP contribution in [-0.2, 0) is 0 Å². The summed E-state index contributed by atoms with van der Waals surface area (Å²) in [5.41, 5.74) is 0. The predicted molar refractivity (Wildman–Crippen MR) is 138 cm³/mol. The van der Waals surface area contributed by atoms with Crippen LogP contribution in [-0.4, -0.2) is 5.11 Å². The van der Waals surface area contributed by atoms with E-state index in [1.807, 2.05) is 0 Å². The molecule has 0 unspecified atom stereocenters. The first-order valence-corrected chi connectivity index (χ1v) is 11.7. The molecule has 4 nitrogen and oxygen atoms in total. The normalized spacial score (nSPS) is 10.8. The van der Waals surface area contributed by atoms with E-state index < -0.39 is 0 Å². The Morgan fingerprint density at radius 3 is 1.41 bits per heavy atom. The molecule has 0 saturated heterocycles. The smallest absolute Gasteiger partial charge is 0.172 e. The van der Waals surface area contributed by atoms with Gasteiger partial charge in [0.2, 0.25) is 0 Å². The van der Waals surface area contributed by atoms with Crippen molar-refractivity contribution in [2.45, 2.75) is 0 Å². The van der Waals surface area contributed by atoms with Crippen molar-refractivity contribution >= 4 is 69.6 Å². The summed E-state index contributed by atoms with van der Waals surface area (Å²) in [4.78, 5) is 0. The molecule has 10 heteroatoms. The van der Waals surface area contributed by atoms with Crippen molar-refractivity contribution in [1.82, 2.24) is 0 Å². The summed E-state index contributed by atoms with van der Waals surface area (Å²) in [7, 11) is 0. The minimum absolute atomic E-state index is 0.0499. The van der Waals surface area contributed by atoms with Crippen LogP contribution in [0, 0.1) is 0 Å². The largest absolute Gasteiger partial charge is 0.504 e. The fraction of sp³-hybridized carbons (Fsp3) is 0. The van der Waals surface area contributed by atoms with Gasteiger partial charge in [-0.05, 0) is 48.5 Å². The maximum absolute atomic E-state index is 10.3. The fourth-order valence-electron chi connectivity index (χ4n) is 2.80. The van der Waals surface area contributed by atoms with Gasteiger partial charge in [0.15, 0.2) is 23.0 Å². The molecule has 4 aromatic rings. The van der Waals surface area contributed by atoms with Crippen LogP contribution in [0.15, 0.2) is 66.7 Å². The number of aromatic hydroxyl groups is 1. The fourth-order valence-corrected chi connectivity index (χ4v) is 4.05. The standard InChI is InChI=1S/C24H12Cl6O4/c25-12-1-4-19(15(28)7-12)32-21-6-3-14(27)9-24(21)34-22-11-23(18(31)10-17(22)30)33-20-5-2-13(26)8-16(20)29/h1-11,31H. The topological polar surface area (TPSA) is 47.9 Å². The molecule has 0 saturated carbocycles. The molecule has 0 bridgehead atoms. The van der Waals surface area contributed by atoms with Gasteiger partial charge in [-0.3, -0.25) is 0 Å². The first-order chi connectivity index (χ1) is 16.2. The third-order valence-electron chi connectivity index (χ3n) is 4.37. The summed E-state index contributed by atoms with van der Waals surface area (Å²) >= 11 is 36.8. The molecule has 0 aromatic heterocycles. The Kier molecular flexibility index (Phi) is 7.78. The van der Waals surface area contributed by atoms with Crippen LogP contribution in [0.25, 0.3) is 0 Å². The molecule has 4 rings (SSSR count). The first kappa shape index (κ1) is 24.9. The van der Waals surface area contributed by atoms with Crippen LogP contribution in [0.2, 0.25) is 30.1 Å². The van der Waals surface area contributed by atoms with Crippen LogP contribution in [0.1, 0.15) is 0 Å². The van der Waals surface area contributed by atoms with Crippen molar-refractivity contribution < 1.29 is 19.3 Å². The zero-order chi connectivity index (χ0) is 24.4. The van der Waals surface area contributed by atoms with E-state index in [-0.39, 0.29) is 38.8 Å². The monoisotopic (exact) mass is 574 g/mol. The average Bonchev–Trinajstić information content (AvgIpc) is 2.76. The Balaban J connectivity index is 1.67. The lowest BCUT2D eigenvalue weighted by Crippen LogP contribution is -1.93. The number of phenols is 1. The van der Waals surface area contributed by atoms with Gasteiger partial charge < -0.3 is 19.3 Å². The number of ether oxygens (including phenoxy) is 3. The Hall–Kier alpha value is -2.18. The molecule has 0 heterocycles. The minimum atomic E-state index is -0.223. The Morgan fingerprint density at radius 2 is 0.853 bits per heavy atom. The van der Waals surface area contributed by atoms with E-state index >= 15 is 0 Å². The van der Waals surface area contributed by atoms with Crippen LogP contribution < -0.4 is 14.2 Å². The van der Waals surface area contributed by atoms with Crippen LogP contribution in [0.3, 0.4) is 0 Å². The van der Waals surface area contributed by atoms with Gasteiger partial charge in [-0.25, -0.2) is 0 Å². The third-order valence-corrected chi connectivity index (χ3v) is 5.96. The highest BCUT2D eigenvalue weighted by Crippen LogP contribution is 2.45. The number of benzene rings is 4. The molecule has 174 valence electrons. The van der Waals surface area contributed by atoms with E-state index in [1.165, 1.54) is 18.2 Å². The first-order valence-electron chi connectivity index (χ1n) is 9.45. The summed E-state index contributed by atoms with van der Waals surface area (Å²) in [6, 6.07) is 17.0. The lowest BCUT2D eigenvalue weighted by molar-refractivity contribution is 0.398. The van der Waals surface area contributed by atoms with Gasteiger partial charge in [0.05, 0.1) is 15.1 Å². The maximum atomic E-state index is 10.3. The molecule has 0 amide bonds. The van der Waals surface area contributed by atoms with Crippen molar-refractivity contribution in [2.75, 3.05) is 0 Å². The van der Waals surface area contributed by atoms with Crippen molar-refractivity contribution in [1.29, 1.82) is 0 Å². The minimum Gasteiger partial charge on any atom is -0.504 e. The Labute approximate surface area is 225 Å². The van der Waals surface area contributed by atoms with Gasteiger partial charge in [0, 0.05) is 33.3 Å². The van der Waals surface area contributed by atoms with E-state index in [0.717, 1.165) is 0 Å². The maximum Gasteiger partial charge on any atom is 0.172 e. The molecular weight excluding hydrogens is 565 g/mol. The van der Waals surface area contributed by atoms with Gasteiger partial charge in [0.25, 0.3) is 0 Å². The van der Waals surface area contributed by atoms with Crippen LogP contribution in [0.5, 0.6) is 40.2 Å². The van der Waals surface area contributed by atoms with E-state index in [0.29, 0.717) is 31.6 Å². The molecule has 0 fully saturated rings. The summed E-state index contributed by atoms with van der Waals surface area (Å²) in [6.45, 7) is 0. The number of hydrogen-bond donors (Lipinski definition) is 1. The number of hydrogen-bond acceptors (Lipinski definition) is 4. The predicted octanol–water partition coefficient (Wildman–Crippen LogP) is 10.7. The van der Waals surface area contributed by atoms with E-state index in [2.05, 4.69) is 0 Å². The lowest BCUT2D eigenvalue weighted by Gasteiger charge is -2.16. The van der Waals surface area contributed by atoms with Gasteiger partial charge in [-0.1, -0.05) is 69.6 Å². The number of phenolic OH excluding ortho intramolecular Hbond substituents is 1. The molecule has 0 atom stereocenters. The van der Waals surface area contributed by atoms with Gasteiger partial charge in [-0.2, -0.15) is 0 Å². The summed E-state index contributed by atoms with van der Waals surface area (Å²) < 4.78 is 17.6. The number of halogens is 6. The summed E-state index contributed by atoms with van der Waals surface area (Å²) in [6.07, 6.45) is 0. The highest BCUT2D eigenvalue weighted by atomic mass is 35.5. The van der Waals surface area contributed by atoms with E-state index in [9.17, 15) is 5.11 Å². The highest BCUT2D eigenvalue weighted by Gasteiger charge is 2.17. The lowest BCUT2D eigenvalue weighted by atomic mass is 10.2. The molecule has 34 heavy (non-hydrogen) atoms. The number of rotatable bonds is 6. The van der Waals surface area contributed by atoms with Gasteiger partial charge in [-0.15, -0.1) is 0 Å². The highest BCUT2D eigenvalue weighted by molar-refractivity contribution is 6.36. The molecule has 0 radical (unpaired) electrons. The molecule has 0 spiro atoms. The average molecular weight is 577 g/mol. The van der Waals surface area contributed by atoms with Crippen LogP contribution in [0.4, 0.5) is 0 Å². The zero-order valence-electron chi connectivity index (χ0n) is 16.8. The van der Waals surface area contributed by atoms with E-state index in [1.54, 1.807) is 48.5 Å². The van der Waals surface area contributed by atoms with Crippen LogP contribution >= 0.6 is 69.6 Å². The molecule has 0 aliphatic carbocycles. The Morgan fingerprint density at radius 1 is 0.412 bits per heavy atom. The van der Waals surface area contributed by atoms with Crippen molar-refractivity contribution in [3.05, 3.63) is 96.9 Å². The second kappa shape index (κ2) is 10.6. The molecule has 0 aliphatic heterocycles. The molecule has 4 aromatic carbocycles. The van der Waals surface area contributed by atoms with Crippen molar-refractivity contribution in [3.8, 4) is 40.2 Å². The second-order valence-corrected chi connectivity index (χ2v) is 9.33. The molecule has 1 N–H and O–H groups in total. The summed E-state index contributed by atoms with van der Waals surface area (Å²) in [5, 5.41) is 12.3. The third kappa shape index (κ3) is 5.89. The second-order valence-electron chi connectivity index (χ2n) is 6.80. The van der Waals surface area contributed by atoms with Gasteiger partial charge >= 0.3 is 0 Å². The van der Waals surface area contributed by atoms with E-state index in [4.69, 9.17) is 83.8 Å². The van der Waals surface area contributed by atoms with Gasteiger partial charge in [0.1, 0.15) is 17.2 Å². The molecular formula is C24H12Cl6O4. The van der Waals surface area contributed by atoms with Crippen molar-refractivity contribution in [3.63, 3.8) is 0 Å². The quantitative estimate of drug-likeness (QED) is 0.248. The zero-order valence-corrected chi connectivity index (χ0v) is 21.3. The van der Waals surface area contributed by atoms with Crippen molar-refractivity contribution in [2.24, 2.45) is 0 Å². The SMILES string of the molecule is Oc1cc(Cl)c(Oc2cc(Cl)ccc2Oc2ccc(Cl)cc2Cl)cc1Oc1ccc(Cl)cc1Cl. The summed E-state index contributed by atoms with van der Waals surface area (Å²) in [5.74, 6) is 1.17. The Bertz CT molecular complexity index is 1380.